The lowest BCUT2D eigenvalue weighted by Crippen LogP contribution is -2.27. The predicted octanol–water partition coefficient (Wildman–Crippen LogP) is 2.64. The zero-order valence-corrected chi connectivity index (χ0v) is 13.6. The largest absolute Gasteiger partial charge is 0.300 e. The Morgan fingerprint density at radius 2 is 1.54 bits per heavy atom. The van der Waals surface area contributed by atoms with Crippen LogP contribution in [0.4, 0.5) is 17.1 Å². The molecule has 0 unspecified atom stereocenters. The summed E-state index contributed by atoms with van der Waals surface area (Å²) in [4.78, 5) is 20.2. The summed E-state index contributed by atoms with van der Waals surface area (Å²) in [6.45, 7) is 1.79. The molecular weight excluding hydrogens is 338 g/mol. The number of aryl methyl sites for hydroxylation is 1. The smallest absolute Gasteiger partial charge is 0.262 e. The first-order valence-corrected chi connectivity index (χ1v) is 8.07. The van der Waals surface area contributed by atoms with Crippen molar-refractivity contribution in [1.82, 2.24) is 0 Å². The maximum atomic E-state index is 12.6. The molecule has 2 aromatic rings. The minimum Gasteiger partial charge on any atom is -0.262 e. The van der Waals surface area contributed by atoms with Crippen molar-refractivity contribution in [3.63, 3.8) is 0 Å². The third-order valence-electron chi connectivity index (χ3n) is 3.39. The van der Waals surface area contributed by atoms with E-state index in [-0.39, 0.29) is 10.6 Å². The molecule has 0 N–H and O–H groups in total. The van der Waals surface area contributed by atoms with Gasteiger partial charge in [0.25, 0.3) is 21.4 Å². The first kappa shape index (κ1) is 17.3. The average Bonchev–Trinajstić information content (AvgIpc) is 2.53. The second kappa shape index (κ2) is 6.24. The molecule has 9 nitrogen and oxygen atoms in total. The van der Waals surface area contributed by atoms with Gasteiger partial charge in [-0.1, -0.05) is 17.7 Å². The van der Waals surface area contributed by atoms with Crippen LogP contribution in [0.1, 0.15) is 5.56 Å². The van der Waals surface area contributed by atoms with Gasteiger partial charge in [-0.05, 0) is 25.1 Å². The van der Waals surface area contributed by atoms with Crippen molar-refractivity contribution in [2.75, 3.05) is 11.4 Å². The van der Waals surface area contributed by atoms with Crippen molar-refractivity contribution in [3.8, 4) is 0 Å². The summed E-state index contributed by atoms with van der Waals surface area (Å²) in [5.74, 6) is 0. The molecule has 126 valence electrons. The third-order valence-corrected chi connectivity index (χ3v) is 5.17. The quantitative estimate of drug-likeness (QED) is 0.602. The topological polar surface area (TPSA) is 124 Å². The van der Waals surface area contributed by atoms with E-state index in [2.05, 4.69) is 0 Å². The molecule has 0 radical (unpaired) electrons. The van der Waals surface area contributed by atoms with Crippen LogP contribution >= 0.6 is 0 Å². The molecule has 0 aliphatic rings. The van der Waals surface area contributed by atoms with Gasteiger partial charge in [-0.3, -0.25) is 24.5 Å². The number of sulfonamides is 1. The van der Waals surface area contributed by atoms with Crippen molar-refractivity contribution in [2.45, 2.75) is 11.8 Å². The maximum absolute atomic E-state index is 12.6. The molecule has 0 aliphatic heterocycles. The van der Waals surface area contributed by atoms with E-state index in [4.69, 9.17) is 0 Å². The highest BCUT2D eigenvalue weighted by Crippen LogP contribution is 2.34. The van der Waals surface area contributed by atoms with Crippen molar-refractivity contribution in [2.24, 2.45) is 0 Å². The number of nitro benzene ring substituents is 2. The van der Waals surface area contributed by atoms with Crippen molar-refractivity contribution in [1.29, 1.82) is 0 Å². The van der Waals surface area contributed by atoms with Gasteiger partial charge in [0.05, 0.1) is 20.8 Å². The van der Waals surface area contributed by atoms with Crippen LogP contribution in [0.5, 0.6) is 0 Å². The Labute approximate surface area is 137 Å². The minimum atomic E-state index is -4.04. The Balaban J connectivity index is 2.56. The monoisotopic (exact) mass is 351 g/mol. The molecule has 0 saturated carbocycles. The molecule has 0 fully saturated rings. The van der Waals surface area contributed by atoms with Gasteiger partial charge in [-0.2, -0.15) is 0 Å². The molecule has 0 heterocycles. The highest BCUT2D eigenvalue weighted by molar-refractivity contribution is 7.92. The molecule has 0 bridgehead atoms. The highest BCUT2D eigenvalue weighted by atomic mass is 32.2. The van der Waals surface area contributed by atoms with Crippen molar-refractivity contribution >= 4 is 27.1 Å². The first-order valence-electron chi connectivity index (χ1n) is 6.63. The Kier molecular flexibility index (Phi) is 4.51. The van der Waals surface area contributed by atoms with E-state index in [1.165, 1.54) is 12.1 Å². The molecule has 0 aliphatic carbocycles. The maximum Gasteiger partial charge on any atom is 0.300 e. The van der Waals surface area contributed by atoms with Gasteiger partial charge < -0.3 is 0 Å². The van der Waals surface area contributed by atoms with Crippen LogP contribution in [0.2, 0.25) is 0 Å². The standard InChI is InChI=1S/C14H13N3O6S/c1-10-3-6-12(7-4-10)24(22,23)15(2)13-8-5-11(16(18)19)9-14(13)17(20)21/h3-9H,1-2H3. The number of non-ortho nitro benzene ring substituents is 1. The first-order chi connectivity index (χ1) is 11.1. The summed E-state index contributed by atoms with van der Waals surface area (Å²) >= 11 is 0. The molecule has 0 spiro atoms. The second-order valence-electron chi connectivity index (χ2n) is 4.97. The Hall–Kier alpha value is -3.01. The fourth-order valence-corrected chi connectivity index (χ4v) is 3.25. The zero-order chi connectivity index (χ0) is 18.1. The molecule has 24 heavy (non-hydrogen) atoms. The van der Waals surface area contributed by atoms with Crippen LogP contribution in [0.3, 0.4) is 0 Å². The highest BCUT2D eigenvalue weighted by Gasteiger charge is 2.29. The van der Waals surface area contributed by atoms with Crippen LogP contribution in [0, 0.1) is 27.2 Å². The summed E-state index contributed by atoms with van der Waals surface area (Å²) in [5.41, 5.74) is -0.557. The molecule has 0 atom stereocenters. The molecule has 2 aromatic carbocycles. The average molecular weight is 351 g/mol. The Morgan fingerprint density at radius 1 is 0.958 bits per heavy atom. The Morgan fingerprint density at radius 3 is 2.04 bits per heavy atom. The Bertz CT molecular complexity index is 909. The number of anilines is 1. The van der Waals surface area contributed by atoms with Crippen LogP contribution in [-0.4, -0.2) is 25.3 Å². The number of hydrogen-bond donors (Lipinski definition) is 0. The van der Waals surface area contributed by atoms with Gasteiger partial charge in [0.15, 0.2) is 0 Å². The summed E-state index contributed by atoms with van der Waals surface area (Å²) in [6.07, 6.45) is 0. The number of rotatable bonds is 5. The summed E-state index contributed by atoms with van der Waals surface area (Å²) in [7, 11) is -2.88. The summed E-state index contributed by atoms with van der Waals surface area (Å²) < 4.78 is 25.9. The van der Waals surface area contributed by atoms with E-state index in [9.17, 15) is 28.6 Å². The van der Waals surface area contributed by atoms with Gasteiger partial charge in [0, 0.05) is 13.1 Å². The van der Waals surface area contributed by atoms with Gasteiger partial charge >= 0.3 is 0 Å². The fraction of sp³-hybridized carbons (Fsp3) is 0.143. The second-order valence-corrected chi connectivity index (χ2v) is 6.94. The van der Waals surface area contributed by atoms with Crippen LogP contribution in [0.15, 0.2) is 47.4 Å². The van der Waals surface area contributed by atoms with Gasteiger partial charge in [0.1, 0.15) is 5.69 Å². The van der Waals surface area contributed by atoms with E-state index in [0.29, 0.717) is 0 Å². The summed E-state index contributed by atoms with van der Waals surface area (Å²) in [5, 5.41) is 21.9. The van der Waals surface area contributed by atoms with Gasteiger partial charge in [0.2, 0.25) is 0 Å². The van der Waals surface area contributed by atoms with Crippen molar-refractivity contribution < 1.29 is 18.3 Å². The fourth-order valence-electron chi connectivity index (χ4n) is 2.04. The van der Waals surface area contributed by atoms with Crippen LogP contribution < -0.4 is 4.31 Å². The number of nitrogens with zero attached hydrogens (tertiary/aromatic N) is 3. The summed E-state index contributed by atoms with van der Waals surface area (Å²) in [6, 6.07) is 8.77. The van der Waals surface area contributed by atoms with E-state index in [0.717, 1.165) is 35.1 Å². The molecule has 0 saturated heterocycles. The minimum absolute atomic E-state index is 0.0387. The molecule has 2 rings (SSSR count). The number of nitro groups is 2. The van der Waals surface area contributed by atoms with Gasteiger partial charge in [-0.25, -0.2) is 8.42 Å². The lowest BCUT2D eigenvalue weighted by molar-refractivity contribution is -0.393. The number of hydrogen-bond acceptors (Lipinski definition) is 6. The lowest BCUT2D eigenvalue weighted by Gasteiger charge is -2.19. The van der Waals surface area contributed by atoms with Gasteiger partial charge in [-0.15, -0.1) is 0 Å². The van der Waals surface area contributed by atoms with E-state index < -0.39 is 31.2 Å². The molecule has 0 amide bonds. The predicted molar refractivity (Wildman–Crippen MR) is 86.5 cm³/mol. The molecule has 0 aromatic heterocycles. The van der Waals surface area contributed by atoms with Crippen LogP contribution in [-0.2, 0) is 10.0 Å². The zero-order valence-electron chi connectivity index (χ0n) is 12.7. The lowest BCUT2D eigenvalue weighted by atomic mass is 10.2. The van der Waals surface area contributed by atoms with E-state index in [1.807, 2.05) is 0 Å². The van der Waals surface area contributed by atoms with Crippen molar-refractivity contribution in [3.05, 3.63) is 68.3 Å². The van der Waals surface area contributed by atoms with E-state index >= 15 is 0 Å². The molecule has 10 heteroatoms. The van der Waals surface area contributed by atoms with E-state index in [1.54, 1.807) is 19.1 Å². The normalized spacial score (nSPS) is 11.1. The van der Waals surface area contributed by atoms with Crippen LogP contribution in [0.25, 0.3) is 0 Å². The number of benzene rings is 2. The molecular formula is C14H13N3O6S. The third kappa shape index (κ3) is 3.18. The SMILES string of the molecule is Cc1ccc(S(=O)(=O)N(C)c2ccc([N+](=O)[O-])cc2[N+](=O)[O-])cc1.